The molecule has 3 rings (SSSR count). The summed E-state index contributed by atoms with van der Waals surface area (Å²) in [6.07, 6.45) is 1.03. The summed E-state index contributed by atoms with van der Waals surface area (Å²) in [5.74, 6) is -0.256. The maximum Gasteiger partial charge on any atom is 0.327 e. The average molecular weight is 435 g/mol. The molecule has 0 aromatic heterocycles. The topological polar surface area (TPSA) is 49.9 Å². The first kappa shape index (κ1) is 21.6. The Labute approximate surface area is 181 Å². The van der Waals surface area contributed by atoms with E-state index in [4.69, 9.17) is 27.9 Å². The Kier molecular flexibility index (Phi) is 7.53. The molecule has 1 unspecified atom stereocenters. The number of aryl methyl sites for hydroxylation is 1. The van der Waals surface area contributed by atoms with Gasteiger partial charge in [-0.05, 0) is 29.7 Å². The summed E-state index contributed by atoms with van der Waals surface area (Å²) in [4.78, 5) is 28.9. The summed E-state index contributed by atoms with van der Waals surface area (Å²) in [5, 5.41) is 1.21. The van der Waals surface area contributed by atoms with E-state index >= 15 is 0 Å². The highest BCUT2D eigenvalue weighted by Gasteiger charge is 2.33. The fourth-order valence-corrected chi connectivity index (χ4v) is 4.08. The highest BCUT2D eigenvalue weighted by molar-refractivity contribution is 6.31. The van der Waals surface area contributed by atoms with Gasteiger partial charge in [0.15, 0.2) is 0 Å². The molecule has 0 aliphatic carbocycles. The molecule has 1 aliphatic heterocycles. The van der Waals surface area contributed by atoms with E-state index in [1.165, 1.54) is 7.11 Å². The standard InChI is InChI=1S/C22H24Cl2N2O3/c1-29-22(28)21(17-7-3-5-9-19(17)24)26-14-12-25(13-15-26)20(27)11-10-16-6-2-4-8-18(16)23/h2-9,21H,10-15H2,1H3. The second kappa shape index (κ2) is 10.1. The lowest BCUT2D eigenvalue weighted by Crippen LogP contribution is -2.51. The average Bonchev–Trinajstić information content (AvgIpc) is 2.74. The first-order valence-electron chi connectivity index (χ1n) is 9.58. The van der Waals surface area contributed by atoms with Crippen LogP contribution in [0.25, 0.3) is 0 Å². The maximum atomic E-state index is 12.6. The molecule has 1 heterocycles. The number of amides is 1. The number of halogens is 2. The van der Waals surface area contributed by atoms with Gasteiger partial charge >= 0.3 is 5.97 Å². The van der Waals surface area contributed by atoms with Crippen molar-refractivity contribution in [3.63, 3.8) is 0 Å². The van der Waals surface area contributed by atoms with Crippen LogP contribution in [0.5, 0.6) is 0 Å². The molecule has 1 amide bonds. The minimum absolute atomic E-state index is 0.0944. The molecule has 1 atom stereocenters. The molecular formula is C22H24Cl2N2O3. The van der Waals surface area contributed by atoms with Crippen LogP contribution >= 0.6 is 23.2 Å². The van der Waals surface area contributed by atoms with Gasteiger partial charge < -0.3 is 9.64 Å². The molecule has 5 nitrogen and oxygen atoms in total. The van der Waals surface area contributed by atoms with Crippen LogP contribution in [-0.2, 0) is 20.7 Å². The molecule has 0 saturated carbocycles. The number of ether oxygens (including phenoxy) is 1. The van der Waals surface area contributed by atoms with Gasteiger partial charge in [-0.2, -0.15) is 0 Å². The van der Waals surface area contributed by atoms with Crippen LogP contribution in [0.2, 0.25) is 10.0 Å². The van der Waals surface area contributed by atoms with E-state index in [9.17, 15) is 9.59 Å². The lowest BCUT2D eigenvalue weighted by molar-refractivity contribution is -0.148. The molecule has 2 aromatic carbocycles. The second-order valence-corrected chi connectivity index (χ2v) is 7.77. The van der Waals surface area contributed by atoms with Crippen LogP contribution in [0.4, 0.5) is 0 Å². The van der Waals surface area contributed by atoms with E-state index in [1.54, 1.807) is 6.07 Å². The molecule has 1 saturated heterocycles. The zero-order valence-corrected chi connectivity index (χ0v) is 17.8. The number of carbonyl (C=O) groups is 2. The third-order valence-corrected chi connectivity index (χ3v) is 5.94. The largest absolute Gasteiger partial charge is 0.468 e. The minimum Gasteiger partial charge on any atom is -0.468 e. The van der Waals surface area contributed by atoms with Crippen molar-refractivity contribution in [3.8, 4) is 0 Å². The first-order chi connectivity index (χ1) is 14.0. The highest BCUT2D eigenvalue weighted by atomic mass is 35.5. The van der Waals surface area contributed by atoms with Crippen molar-refractivity contribution in [3.05, 3.63) is 69.7 Å². The predicted octanol–water partition coefficient (Wildman–Crippen LogP) is 3.98. The molecule has 29 heavy (non-hydrogen) atoms. The monoisotopic (exact) mass is 434 g/mol. The number of rotatable bonds is 6. The quantitative estimate of drug-likeness (QED) is 0.644. The van der Waals surface area contributed by atoms with Crippen molar-refractivity contribution in [1.29, 1.82) is 0 Å². The Morgan fingerprint density at radius 3 is 2.21 bits per heavy atom. The van der Waals surface area contributed by atoms with E-state index in [-0.39, 0.29) is 11.9 Å². The molecule has 1 aliphatic rings. The fraction of sp³-hybridized carbons (Fsp3) is 0.364. The van der Waals surface area contributed by atoms with Gasteiger partial charge in [-0.25, -0.2) is 4.79 Å². The summed E-state index contributed by atoms with van der Waals surface area (Å²) in [7, 11) is 1.38. The molecule has 154 valence electrons. The van der Waals surface area contributed by atoms with Gasteiger partial charge in [0, 0.05) is 42.6 Å². The molecule has 2 aromatic rings. The number of methoxy groups -OCH3 is 1. The number of nitrogens with zero attached hydrogens (tertiary/aromatic N) is 2. The number of piperazine rings is 1. The van der Waals surface area contributed by atoms with Crippen molar-refractivity contribution in [2.45, 2.75) is 18.9 Å². The van der Waals surface area contributed by atoms with Crippen LogP contribution in [0.1, 0.15) is 23.6 Å². The number of carbonyl (C=O) groups excluding carboxylic acids is 2. The number of esters is 1. The molecule has 1 fully saturated rings. The lowest BCUT2D eigenvalue weighted by Gasteiger charge is -2.38. The SMILES string of the molecule is COC(=O)C(c1ccccc1Cl)N1CCN(C(=O)CCc2ccccc2Cl)CC1. The molecular weight excluding hydrogens is 411 g/mol. The minimum atomic E-state index is -0.575. The maximum absolute atomic E-state index is 12.6. The Morgan fingerprint density at radius 2 is 1.59 bits per heavy atom. The third-order valence-electron chi connectivity index (χ3n) is 5.22. The van der Waals surface area contributed by atoms with Crippen molar-refractivity contribution in [2.75, 3.05) is 33.3 Å². The predicted molar refractivity (Wildman–Crippen MR) is 114 cm³/mol. The summed E-state index contributed by atoms with van der Waals surface area (Å²) in [6, 6.07) is 14.3. The number of hydrogen-bond acceptors (Lipinski definition) is 4. The van der Waals surface area contributed by atoms with Gasteiger partial charge in [0.2, 0.25) is 5.91 Å². The molecule has 0 spiro atoms. The normalized spacial score (nSPS) is 15.8. The Bertz CT molecular complexity index is 867. The zero-order valence-electron chi connectivity index (χ0n) is 16.3. The van der Waals surface area contributed by atoms with Crippen molar-refractivity contribution in [2.24, 2.45) is 0 Å². The van der Waals surface area contributed by atoms with E-state index in [0.29, 0.717) is 49.1 Å². The third kappa shape index (κ3) is 5.30. The van der Waals surface area contributed by atoms with Gasteiger partial charge in [-0.3, -0.25) is 9.69 Å². The zero-order chi connectivity index (χ0) is 20.8. The van der Waals surface area contributed by atoms with E-state index in [2.05, 4.69) is 0 Å². The van der Waals surface area contributed by atoms with Gasteiger partial charge in [-0.1, -0.05) is 59.6 Å². The van der Waals surface area contributed by atoms with Gasteiger partial charge in [-0.15, -0.1) is 0 Å². The van der Waals surface area contributed by atoms with Crippen LogP contribution in [-0.4, -0.2) is 55.0 Å². The van der Waals surface area contributed by atoms with Crippen molar-refractivity contribution in [1.82, 2.24) is 9.80 Å². The molecule has 0 N–H and O–H groups in total. The van der Waals surface area contributed by atoms with Crippen LogP contribution < -0.4 is 0 Å². The van der Waals surface area contributed by atoms with Crippen molar-refractivity contribution >= 4 is 35.1 Å². The summed E-state index contributed by atoms with van der Waals surface area (Å²) in [6.45, 7) is 2.25. The molecule has 0 bridgehead atoms. The Morgan fingerprint density at radius 1 is 0.966 bits per heavy atom. The Balaban J connectivity index is 1.61. The van der Waals surface area contributed by atoms with Crippen LogP contribution in [0, 0.1) is 0 Å². The lowest BCUT2D eigenvalue weighted by atomic mass is 10.0. The van der Waals surface area contributed by atoms with Gasteiger partial charge in [0.05, 0.1) is 7.11 Å². The number of benzene rings is 2. The van der Waals surface area contributed by atoms with Gasteiger partial charge in [0.1, 0.15) is 6.04 Å². The first-order valence-corrected chi connectivity index (χ1v) is 10.3. The smallest absolute Gasteiger partial charge is 0.327 e. The van der Waals surface area contributed by atoms with Crippen LogP contribution in [0.3, 0.4) is 0 Å². The van der Waals surface area contributed by atoms with E-state index in [1.807, 2.05) is 52.3 Å². The molecule has 0 radical (unpaired) electrons. The van der Waals surface area contributed by atoms with E-state index < -0.39 is 6.04 Å². The molecule has 7 heteroatoms. The van der Waals surface area contributed by atoms with Gasteiger partial charge in [0.25, 0.3) is 0 Å². The summed E-state index contributed by atoms with van der Waals surface area (Å²) in [5.41, 5.74) is 1.70. The Hall–Kier alpha value is -2.08. The van der Waals surface area contributed by atoms with Crippen LogP contribution in [0.15, 0.2) is 48.5 Å². The highest BCUT2D eigenvalue weighted by Crippen LogP contribution is 2.29. The summed E-state index contributed by atoms with van der Waals surface area (Å²) >= 11 is 12.5. The van der Waals surface area contributed by atoms with E-state index in [0.717, 1.165) is 11.1 Å². The fourth-order valence-electron chi connectivity index (χ4n) is 3.61. The number of hydrogen-bond donors (Lipinski definition) is 0. The second-order valence-electron chi connectivity index (χ2n) is 6.96. The van der Waals surface area contributed by atoms with Crippen molar-refractivity contribution < 1.29 is 14.3 Å². The summed E-state index contributed by atoms with van der Waals surface area (Å²) < 4.78 is 5.02.